The van der Waals surface area contributed by atoms with Gasteiger partial charge >= 0.3 is 0 Å². The molecule has 0 saturated heterocycles. The topological polar surface area (TPSA) is 34.0 Å². The molecule has 0 aliphatic rings. The molecule has 0 unspecified atom stereocenters. The van der Waals surface area contributed by atoms with Crippen molar-refractivity contribution in [2.24, 2.45) is 0 Å². The lowest BCUT2D eigenvalue weighted by Gasteiger charge is -2.18. The van der Waals surface area contributed by atoms with E-state index in [1.165, 1.54) is 0 Å². The van der Waals surface area contributed by atoms with Crippen molar-refractivity contribution in [2.45, 2.75) is 19.9 Å². The third-order valence-corrected chi connectivity index (χ3v) is 2.86. The number of aromatic nitrogens is 3. The molecule has 0 fully saturated rings. The first-order chi connectivity index (χ1) is 8.27. The first-order valence-electron chi connectivity index (χ1n) is 5.87. The van der Waals surface area contributed by atoms with Gasteiger partial charge in [-0.15, -0.1) is 0 Å². The predicted octanol–water partition coefficient (Wildman–Crippen LogP) is 2.11. The lowest BCUT2D eigenvalue weighted by Crippen LogP contribution is -2.20. The van der Waals surface area contributed by atoms with Crippen LogP contribution >= 0.6 is 0 Å². The lowest BCUT2D eigenvalue weighted by atomic mass is 10.3. The molecule has 0 aliphatic carbocycles. The van der Waals surface area contributed by atoms with Crippen molar-refractivity contribution in [3.8, 4) is 0 Å². The van der Waals surface area contributed by atoms with Crippen molar-refractivity contribution in [2.75, 3.05) is 18.5 Å². The van der Waals surface area contributed by atoms with E-state index in [4.69, 9.17) is 0 Å². The molecule has 0 bridgehead atoms. The van der Waals surface area contributed by atoms with Gasteiger partial charge in [-0.1, -0.05) is 6.07 Å². The average Bonchev–Trinajstić information content (AvgIpc) is 2.76. The van der Waals surface area contributed by atoms with Crippen molar-refractivity contribution in [3.63, 3.8) is 0 Å². The minimum Gasteiger partial charge on any atom is -0.360 e. The van der Waals surface area contributed by atoms with Crippen LogP contribution in [0.4, 0.5) is 5.82 Å². The number of hydrogen-bond acceptors (Lipinski definition) is 3. The Morgan fingerprint density at radius 2 is 2.12 bits per heavy atom. The summed E-state index contributed by atoms with van der Waals surface area (Å²) in [5, 5.41) is 0. The molecular formula is C13H18N4. The number of nitrogens with zero attached hydrogens (tertiary/aromatic N) is 4. The van der Waals surface area contributed by atoms with Crippen molar-refractivity contribution < 1.29 is 0 Å². The molecular weight excluding hydrogens is 212 g/mol. The highest BCUT2D eigenvalue weighted by molar-refractivity contribution is 5.36. The largest absolute Gasteiger partial charge is 0.360 e. The van der Waals surface area contributed by atoms with E-state index in [1.807, 2.05) is 43.7 Å². The number of aryl methyl sites for hydroxylation is 2. The maximum absolute atomic E-state index is 4.32. The predicted molar refractivity (Wildman–Crippen MR) is 69.1 cm³/mol. The normalized spacial score (nSPS) is 10.5. The minimum absolute atomic E-state index is 0.995. The Bertz CT molecular complexity index is 449. The summed E-state index contributed by atoms with van der Waals surface area (Å²) in [5.74, 6) is 2.10. The number of imidazole rings is 1. The standard InChI is InChI=1S/C13H18N4/c1-12-14-8-11-17(12)10-5-9-16(2)13-6-3-4-7-15-13/h3-4,6-8,11H,5,9-10H2,1-2H3. The Morgan fingerprint density at radius 3 is 2.76 bits per heavy atom. The molecule has 0 amide bonds. The van der Waals surface area contributed by atoms with Crippen LogP contribution in [0.5, 0.6) is 0 Å². The summed E-state index contributed by atoms with van der Waals surface area (Å²) < 4.78 is 2.17. The zero-order valence-electron chi connectivity index (χ0n) is 10.4. The van der Waals surface area contributed by atoms with Crippen LogP contribution < -0.4 is 4.90 Å². The number of rotatable bonds is 5. The van der Waals surface area contributed by atoms with Crippen LogP contribution in [-0.4, -0.2) is 28.1 Å². The van der Waals surface area contributed by atoms with E-state index in [0.29, 0.717) is 0 Å². The number of pyridine rings is 1. The van der Waals surface area contributed by atoms with Crippen molar-refractivity contribution in [1.82, 2.24) is 14.5 Å². The van der Waals surface area contributed by atoms with Gasteiger partial charge in [-0.3, -0.25) is 0 Å². The van der Waals surface area contributed by atoms with Gasteiger partial charge in [0, 0.05) is 38.7 Å². The van der Waals surface area contributed by atoms with Crippen LogP contribution in [0, 0.1) is 6.92 Å². The summed E-state index contributed by atoms with van der Waals surface area (Å²) in [6, 6.07) is 5.98. The molecule has 4 heteroatoms. The fourth-order valence-corrected chi connectivity index (χ4v) is 1.81. The Kier molecular flexibility index (Phi) is 3.75. The molecule has 2 aromatic heterocycles. The quantitative estimate of drug-likeness (QED) is 0.789. The molecule has 0 radical (unpaired) electrons. The molecule has 2 rings (SSSR count). The van der Waals surface area contributed by atoms with E-state index in [1.54, 1.807) is 0 Å². The van der Waals surface area contributed by atoms with Gasteiger partial charge in [0.05, 0.1) is 0 Å². The summed E-state index contributed by atoms with van der Waals surface area (Å²) in [5.41, 5.74) is 0. The second-order valence-electron chi connectivity index (χ2n) is 4.13. The Morgan fingerprint density at radius 1 is 1.24 bits per heavy atom. The van der Waals surface area contributed by atoms with E-state index in [0.717, 1.165) is 31.2 Å². The number of hydrogen-bond donors (Lipinski definition) is 0. The maximum atomic E-state index is 4.32. The first kappa shape index (κ1) is 11.6. The molecule has 0 N–H and O–H groups in total. The van der Waals surface area contributed by atoms with Crippen LogP contribution in [0.2, 0.25) is 0 Å². The van der Waals surface area contributed by atoms with Crippen LogP contribution in [-0.2, 0) is 6.54 Å². The highest BCUT2D eigenvalue weighted by Gasteiger charge is 2.01. The van der Waals surface area contributed by atoms with E-state index in [9.17, 15) is 0 Å². The van der Waals surface area contributed by atoms with Crippen molar-refractivity contribution >= 4 is 5.82 Å². The summed E-state index contributed by atoms with van der Waals surface area (Å²) in [6.45, 7) is 4.03. The van der Waals surface area contributed by atoms with Crippen LogP contribution in [0.15, 0.2) is 36.8 Å². The molecule has 0 spiro atoms. The van der Waals surface area contributed by atoms with Gasteiger partial charge in [-0.25, -0.2) is 9.97 Å². The van der Waals surface area contributed by atoms with Gasteiger partial charge in [-0.2, -0.15) is 0 Å². The van der Waals surface area contributed by atoms with Gasteiger partial charge in [-0.05, 0) is 25.5 Å². The summed E-state index contributed by atoms with van der Waals surface area (Å²) in [4.78, 5) is 10.7. The molecule has 90 valence electrons. The highest BCUT2D eigenvalue weighted by atomic mass is 15.2. The second kappa shape index (κ2) is 5.48. The zero-order valence-corrected chi connectivity index (χ0v) is 10.4. The smallest absolute Gasteiger partial charge is 0.128 e. The van der Waals surface area contributed by atoms with Crippen molar-refractivity contribution in [1.29, 1.82) is 0 Å². The molecule has 2 aromatic rings. The van der Waals surface area contributed by atoms with Gasteiger partial charge in [0.25, 0.3) is 0 Å². The molecule has 4 nitrogen and oxygen atoms in total. The molecule has 0 atom stereocenters. The fraction of sp³-hybridized carbons (Fsp3) is 0.385. The third-order valence-electron chi connectivity index (χ3n) is 2.86. The number of anilines is 1. The lowest BCUT2D eigenvalue weighted by molar-refractivity contribution is 0.621. The maximum Gasteiger partial charge on any atom is 0.128 e. The van der Waals surface area contributed by atoms with E-state index >= 15 is 0 Å². The van der Waals surface area contributed by atoms with E-state index < -0.39 is 0 Å². The first-order valence-corrected chi connectivity index (χ1v) is 5.87. The van der Waals surface area contributed by atoms with Crippen molar-refractivity contribution in [3.05, 3.63) is 42.6 Å². The summed E-state index contributed by atoms with van der Waals surface area (Å²) in [6.07, 6.45) is 6.78. The van der Waals surface area contributed by atoms with Gasteiger partial charge in [0.1, 0.15) is 11.6 Å². The molecule has 0 saturated carbocycles. The molecule has 2 heterocycles. The minimum atomic E-state index is 0.995. The van der Waals surface area contributed by atoms with E-state index in [-0.39, 0.29) is 0 Å². The Balaban J connectivity index is 1.81. The molecule has 17 heavy (non-hydrogen) atoms. The van der Waals surface area contributed by atoms with Crippen LogP contribution in [0.25, 0.3) is 0 Å². The van der Waals surface area contributed by atoms with Gasteiger partial charge in [0.2, 0.25) is 0 Å². The van der Waals surface area contributed by atoms with E-state index in [2.05, 4.69) is 26.5 Å². The van der Waals surface area contributed by atoms with Gasteiger partial charge in [0.15, 0.2) is 0 Å². The fourth-order valence-electron chi connectivity index (χ4n) is 1.81. The van der Waals surface area contributed by atoms with Crippen LogP contribution in [0.1, 0.15) is 12.2 Å². The molecule has 0 aromatic carbocycles. The van der Waals surface area contributed by atoms with Crippen LogP contribution in [0.3, 0.4) is 0 Å². The SMILES string of the molecule is Cc1nccn1CCCN(C)c1ccccn1. The second-order valence-corrected chi connectivity index (χ2v) is 4.13. The molecule has 0 aliphatic heterocycles. The highest BCUT2D eigenvalue weighted by Crippen LogP contribution is 2.07. The average molecular weight is 230 g/mol. The summed E-state index contributed by atoms with van der Waals surface area (Å²) in [7, 11) is 2.07. The van der Waals surface area contributed by atoms with Gasteiger partial charge < -0.3 is 9.47 Å². The summed E-state index contributed by atoms with van der Waals surface area (Å²) >= 11 is 0. The monoisotopic (exact) mass is 230 g/mol. The Hall–Kier alpha value is -1.84. The Labute approximate surface area is 102 Å². The third kappa shape index (κ3) is 3.06. The zero-order chi connectivity index (χ0) is 12.1.